The number of hydrogen-bond donors (Lipinski definition) is 2. The number of nitrogens with two attached hydrogens (primary N) is 1. The molecule has 122 valence electrons. The van der Waals surface area contributed by atoms with Crippen LogP contribution in [-0.2, 0) is 4.74 Å². The molecule has 0 spiro atoms. The van der Waals surface area contributed by atoms with Crippen molar-refractivity contribution < 1.29 is 14.3 Å². The van der Waals surface area contributed by atoms with E-state index in [0.29, 0.717) is 12.3 Å². The second-order valence-electron chi connectivity index (χ2n) is 4.51. The molecular formula is C15H15Cl2N3O3. The monoisotopic (exact) mass is 355 g/mol. The maximum absolute atomic E-state index is 12.4. The molecule has 23 heavy (non-hydrogen) atoms. The second-order valence-corrected chi connectivity index (χ2v) is 5.32. The van der Waals surface area contributed by atoms with Gasteiger partial charge in [0.05, 0.1) is 22.3 Å². The lowest BCUT2D eigenvalue weighted by Crippen LogP contribution is -2.15. The Kier molecular flexibility index (Phi) is 6.04. The first-order valence-corrected chi connectivity index (χ1v) is 7.41. The maximum atomic E-state index is 12.4. The van der Waals surface area contributed by atoms with Gasteiger partial charge in [0.2, 0.25) is 5.88 Å². The first kappa shape index (κ1) is 17.3. The summed E-state index contributed by atoms with van der Waals surface area (Å²) in [5, 5.41) is 3.20. The van der Waals surface area contributed by atoms with E-state index < -0.39 is 5.91 Å². The molecule has 0 radical (unpaired) electrons. The third-order valence-electron chi connectivity index (χ3n) is 2.88. The SMILES string of the molecule is COCCOc1ncccc1C(=O)Nc1cc(Cl)c(N)c(Cl)c1. The third kappa shape index (κ3) is 4.48. The van der Waals surface area contributed by atoms with E-state index in [2.05, 4.69) is 10.3 Å². The molecule has 2 rings (SSSR count). The van der Waals surface area contributed by atoms with E-state index in [0.717, 1.165) is 0 Å². The molecule has 8 heteroatoms. The Morgan fingerprint density at radius 2 is 2.00 bits per heavy atom. The number of hydrogen-bond acceptors (Lipinski definition) is 5. The average molecular weight is 356 g/mol. The number of carbonyl (C=O) groups excluding carboxylic acids is 1. The van der Waals surface area contributed by atoms with Crippen molar-refractivity contribution >= 4 is 40.5 Å². The number of aromatic nitrogens is 1. The van der Waals surface area contributed by atoms with Gasteiger partial charge in [0.15, 0.2) is 0 Å². The summed E-state index contributed by atoms with van der Waals surface area (Å²) < 4.78 is 10.3. The van der Waals surface area contributed by atoms with E-state index in [1.807, 2.05) is 0 Å². The summed E-state index contributed by atoms with van der Waals surface area (Å²) in [7, 11) is 1.56. The van der Waals surface area contributed by atoms with Gasteiger partial charge >= 0.3 is 0 Å². The number of nitrogens with zero attached hydrogens (tertiary/aromatic N) is 1. The number of pyridine rings is 1. The summed E-state index contributed by atoms with van der Waals surface area (Å²) in [6.45, 7) is 0.675. The van der Waals surface area contributed by atoms with E-state index in [1.165, 1.54) is 18.3 Å². The van der Waals surface area contributed by atoms with Crippen molar-refractivity contribution in [2.24, 2.45) is 0 Å². The number of halogens is 2. The lowest BCUT2D eigenvalue weighted by atomic mass is 10.2. The fraction of sp³-hybridized carbons (Fsp3) is 0.200. The van der Waals surface area contributed by atoms with E-state index in [1.54, 1.807) is 19.2 Å². The van der Waals surface area contributed by atoms with Gasteiger partial charge in [-0.15, -0.1) is 0 Å². The van der Waals surface area contributed by atoms with Gasteiger partial charge in [0.1, 0.15) is 12.2 Å². The van der Waals surface area contributed by atoms with Crippen LogP contribution in [0.1, 0.15) is 10.4 Å². The van der Waals surface area contributed by atoms with Crippen LogP contribution >= 0.6 is 23.2 Å². The molecule has 0 aliphatic carbocycles. The summed E-state index contributed by atoms with van der Waals surface area (Å²) in [5.41, 5.74) is 6.63. The highest BCUT2D eigenvalue weighted by atomic mass is 35.5. The Balaban J connectivity index is 2.18. The Morgan fingerprint density at radius 1 is 1.30 bits per heavy atom. The minimum absolute atomic E-state index is 0.217. The summed E-state index contributed by atoms with van der Waals surface area (Å²) >= 11 is 11.9. The first-order valence-electron chi connectivity index (χ1n) is 6.65. The Hall–Kier alpha value is -2.02. The van der Waals surface area contributed by atoms with Gasteiger partial charge in [-0.1, -0.05) is 23.2 Å². The molecule has 6 nitrogen and oxygen atoms in total. The normalized spacial score (nSPS) is 10.4. The minimum Gasteiger partial charge on any atom is -0.475 e. The van der Waals surface area contributed by atoms with Gasteiger partial charge in [-0.3, -0.25) is 4.79 Å². The van der Waals surface area contributed by atoms with Crippen LogP contribution in [0.5, 0.6) is 5.88 Å². The number of methoxy groups -OCH3 is 1. The summed E-state index contributed by atoms with van der Waals surface area (Å²) in [5.74, 6) is -0.183. The van der Waals surface area contributed by atoms with Gasteiger partial charge in [-0.25, -0.2) is 4.98 Å². The number of amides is 1. The van der Waals surface area contributed by atoms with E-state index in [4.69, 9.17) is 38.4 Å². The van der Waals surface area contributed by atoms with Crippen LogP contribution in [-0.4, -0.2) is 31.2 Å². The molecule has 0 unspecified atom stereocenters. The first-order chi connectivity index (χ1) is 11.0. The highest BCUT2D eigenvalue weighted by Crippen LogP contribution is 2.31. The highest BCUT2D eigenvalue weighted by molar-refractivity contribution is 6.39. The fourth-order valence-electron chi connectivity index (χ4n) is 1.76. The number of benzene rings is 1. The van der Waals surface area contributed by atoms with Crippen LogP contribution < -0.4 is 15.8 Å². The molecule has 0 fully saturated rings. The molecule has 0 saturated carbocycles. The predicted octanol–water partition coefficient (Wildman–Crippen LogP) is 3.25. The largest absolute Gasteiger partial charge is 0.475 e. The Morgan fingerprint density at radius 3 is 2.65 bits per heavy atom. The zero-order valence-corrected chi connectivity index (χ0v) is 13.8. The number of nitrogens with one attached hydrogen (secondary N) is 1. The van der Waals surface area contributed by atoms with Crippen molar-refractivity contribution in [3.63, 3.8) is 0 Å². The van der Waals surface area contributed by atoms with Crippen LogP contribution in [0.4, 0.5) is 11.4 Å². The molecule has 1 amide bonds. The fourth-order valence-corrected chi connectivity index (χ4v) is 2.24. The number of ether oxygens (including phenoxy) is 2. The predicted molar refractivity (Wildman–Crippen MR) is 90.4 cm³/mol. The molecule has 1 aromatic carbocycles. The van der Waals surface area contributed by atoms with E-state index in [9.17, 15) is 4.79 Å². The molecule has 0 bridgehead atoms. The number of nitrogen functional groups attached to an aromatic ring is 1. The van der Waals surface area contributed by atoms with Crippen LogP contribution in [0.15, 0.2) is 30.5 Å². The Bertz CT molecular complexity index is 687. The standard InChI is InChI=1S/C15H15Cl2N3O3/c1-22-5-6-23-15-10(3-2-4-19-15)14(21)20-9-7-11(16)13(18)12(17)8-9/h2-4,7-8H,5-6,18H2,1H3,(H,20,21). The molecule has 1 aromatic heterocycles. The zero-order chi connectivity index (χ0) is 16.8. The molecule has 3 N–H and O–H groups in total. The molecule has 0 atom stereocenters. The summed E-state index contributed by atoms with van der Waals surface area (Å²) in [6.07, 6.45) is 1.54. The van der Waals surface area contributed by atoms with Crippen molar-refractivity contribution in [1.82, 2.24) is 4.98 Å². The lowest BCUT2D eigenvalue weighted by Gasteiger charge is -2.11. The number of anilines is 2. The third-order valence-corrected chi connectivity index (χ3v) is 3.50. The van der Waals surface area contributed by atoms with E-state index >= 15 is 0 Å². The second kappa shape index (κ2) is 8.01. The topological polar surface area (TPSA) is 86.5 Å². The summed E-state index contributed by atoms with van der Waals surface area (Å²) in [6, 6.07) is 6.27. The quantitative estimate of drug-likeness (QED) is 0.613. The molecule has 2 aromatic rings. The van der Waals surface area contributed by atoms with Crippen molar-refractivity contribution in [2.45, 2.75) is 0 Å². The summed E-state index contributed by atoms with van der Waals surface area (Å²) in [4.78, 5) is 16.4. The minimum atomic E-state index is -0.401. The van der Waals surface area contributed by atoms with Crippen molar-refractivity contribution in [2.75, 3.05) is 31.4 Å². The van der Waals surface area contributed by atoms with Crippen molar-refractivity contribution in [1.29, 1.82) is 0 Å². The van der Waals surface area contributed by atoms with Crippen molar-refractivity contribution in [3.8, 4) is 5.88 Å². The smallest absolute Gasteiger partial charge is 0.261 e. The van der Waals surface area contributed by atoms with E-state index in [-0.39, 0.29) is 33.8 Å². The van der Waals surface area contributed by atoms with Crippen LogP contribution in [0.3, 0.4) is 0 Å². The average Bonchev–Trinajstić information content (AvgIpc) is 2.53. The van der Waals surface area contributed by atoms with Gasteiger partial charge in [-0.2, -0.15) is 0 Å². The zero-order valence-electron chi connectivity index (χ0n) is 12.3. The number of carbonyl (C=O) groups is 1. The molecule has 0 aliphatic heterocycles. The molecule has 0 saturated heterocycles. The number of rotatable bonds is 6. The highest BCUT2D eigenvalue weighted by Gasteiger charge is 2.15. The van der Waals surface area contributed by atoms with Gasteiger partial charge in [-0.05, 0) is 24.3 Å². The van der Waals surface area contributed by atoms with Crippen molar-refractivity contribution in [3.05, 3.63) is 46.1 Å². The van der Waals surface area contributed by atoms with Gasteiger partial charge in [0, 0.05) is 19.0 Å². The van der Waals surface area contributed by atoms with Crippen LogP contribution in [0, 0.1) is 0 Å². The van der Waals surface area contributed by atoms with Crippen LogP contribution in [0.2, 0.25) is 10.0 Å². The Labute approximate surface area is 143 Å². The molecule has 1 heterocycles. The van der Waals surface area contributed by atoms with Gasteiger partial charge < -0.3 is 20.5 Å². The molecular weight excluding hydrogens is 341 g/mol. The van der Waals surface area contributed by atoms with Gasteiger partial charge in [0.25, 0.3) is 5.91 Å². The lowest BCUT2D eigenvalue weighted by molar-refractivity contribution is 0.101. The maximum Gasteiger partial charge on any atom is 0.261 e. The molecule has 0 aliphatic rings. The van der Waals surface area contributed by atoms with Crippen LogP contribution in [0.25, 0.3) is 0 Å².